The average Bonchev–Trinajstić information content (AvgIpc) is 2.46. The summed E-state index contributed by atoms with van der Waals surface area (Å²) in [6, 6.07) is 7.23. The molecule has 6 nitrogen and oxygen atoms in total. The fourth-order valence-corrected chi connectivity index (χ4v) is 2.62. The second-order valence-electron chi connectivity index (χ2n) is 5.36. The molecule has 1 aromatic rings. The Morgan fingerprint density at radius 2 is 2.05 bits per heavy atom. The van der Waals surface area contributed by atoms with Gasteiger partial charge in [0.2, 0.25) is 0 Å². The summed E-state index contributed by atoms with van der Waals surface area (Å²) in [6.45, 7) is 4.73. The SMILES string of the molecule is CN1CCN(CCc2ccc([N+](=O)[O-])cc2)C(CN)C1. The first-order valence-corrected chi connectivity index (χ1v) is 6.96. The zero-order valence-electron chi connectivity index (χ0n) is 11.9. The molecule has 1 aromatic carbocycles. The summed E-state index contributed by atoms with van der Waals surface area (Å²) in [5, 5.41) is 10.6. The van der Waals surface area contributed by atoms with Crippen molar-refractivity contribution in [3.63, 3.8) is 0 Å². The van der Waals surface area contributed by atoms with Crippen LogP contribution in [0.1, 0.15) is 5.56 Å². The molecule has 1 aliphatic heterocycles. The van der Waals surface area contributed by atoms with Crippen molar-refractivity contribution in [2.45, 2.75) is 12.5 Å². The largest absolute Gasteiger partial charge is 0.329 e. The maximum absolute atomic E-state index is 10.6. The minimum absolute atomic E-state index is 0.146. The van der Waals surface area contributed by atoms with Gasteiger partial charge in [0, 0.05) is 50.9 Å². The number of piperazine rings is 1. The van der Waals surface area contributed by atoms with E-state index < -0.39 is 0 Å². The van der Waals surface area contributed by atoms with E-state index in [1.165, 1.54) is 0 Å². The van der Waals surface area contributed by atoms with Gasteiger partial charge in [0.25, 0.3) is 5.69 Å². The van der Waals surface area contributed by atoms with Gasteiger partial charge in [0.1, 0.15) is 0 Å². The van der Waals surface area contributed by atoms with Crippen LogP contribution in [0, 0.1) is 10.1 Å². The van der Waals surface area contributed by atoms with Gasteiger partial charge in [0.05, 0.1) is 4.92 Å². The molecule has 2 N–H and O–H groups in total. The molecule has 1 heterocycles. The van der Waals surface area contributed by atoms with Crippen molar-refractivity contribution >= 4 is 5.69 Å². The molecule has 0 bridgehead atoms. The fraction of sp³-hybridized carbons (Fsp3) is 0.571. The Labute approximate surface area is 119 Å². The maximum atomic E-state index is 10.6. The van der Waals surface area contributed by atoms with Gasteiger partial charge in [-0.2, -0.15) is 0 Å². The highest BCUT2D eigenvalue weighted by Gasteiger charge is 2.23. The third-order valence-electron chi connectivity index (χ3n) is 3.91. The molecule has 0 amide bonds. The normalized spacial score (nSPS) is 21.0. The smallest absolute Gasteiger partial charge is 0.269 e. The lowest BCUT2D eigenvalue weighted by atomic mass is 10.1. The Morgan fingerprint density at radius 1 is 1.35 bits per heavy atom. The second kappa shape index (κ2) is 6.78. The van der Waals surface area contributed by atoms with Crippen LogP contribution in [0.3, 0.4) is 0 Å². The molecule has 110 valence electrons. The van der Waals surface area contributed by atoms with Crippen LogP contribution in [0.2, 0.25) is 0 Å². The average molecular weight is 278 g/mol. The van der Waals surface area contributed by atoms with E-state index in [0.717, 1.165) is 38.2 Å². The Bertz CT molecular complexity index is 449. The first-order chi connectivity index (χ1) is 9.60. The summed E-state index contributed by atoms with van der Waals surface area (Å²) >= 11 is 0. The molecule has 20 heavy (non-hydrogen) atoms. The van der Waals surface area contributed by atoms with Crippen molar-refractivity contribution in [3.05, 3.63) is 39.9 Å². The molecular formula is C14H22N4O2. The van der Waals surface area contributed by atoms with Crippen LogP contribution in [0.4, 0.5) is 5.69 Å². The maximum Gasteiger partial charge on any atom is 0.269 e. The van der Waals surface area contributed by atoms with Crippen LogP contribution in [0.5, 0.6) is 0 Å². The van der Waals surface area contributed by atoms with Gasteiger partial charge in [0.15, 0.2) is 0 Å². The van der Waals surface area contributed by atoms with Gasteiger partial charge in [-0.25, -0.2) is 0 Å². The van der Waals surface area contributed by atoms with E-state index in [1.54, 1.807) is 12.1 Å². The highest BCUT2D eigenvalue weighted by Crippen LogP contribution is 2.14. The highest BCUT2D eigenvalue weighted by molar-refractivity contribution is 5.32. The zero-order valence-corrected chi connectivity index (χ0v) is 11.9. The molecular weight excluding hydrogens is 256 g/mol. The number of non-ortho nitro benzene ring substituents is 1. The fourth-order valence-electron chi connectivity index (χ4n) is 2.62. The molecule has 1 aliphatic rings. The number of nitro benzene ring substituents is 1. The molecule has 1 saturated heterocycles. The highest BCUT2D eigenvalue weighted by atomic mass is 16.6. The van der Waals surface area contributed by atoms with Crippen molar-refractivity contribution in [3.8, 4) is 0 Å². The predicted molar refractivity (Wildman–Crippen MR) is 78.7 cm³/mol. The van der Waals surface area contributed by atoms with E-state index in [0.29, 0.717) is 12.6 Å². The Hall–Kier alpha value is -1.50. The van der Waals surface area contributed by atoms with Gasteiger partial charge in [-0.1, -0.05) is 12.1 Å². The zero-order chi connectivity index (χ0) is 14.5. The standard InChI is InChI=1S/C14H22N4O2/c1-16-8-9-17(14(10-15)11-16)7-6-12-2-4-13(5-3-12)18(19)20/h2-5,14H,6-11,15H2,1H3. The summed E-state index contributed by atoms with van der Waals surface area (Å²) in [4.78, 5) is 15.0. The third-order valence-corrected chi connectivity index (χ3v) is 3.91. The van der Waals surface area contributed by atoms with E-state index in [2.05, 4.69) is 16.8 Å². The molecule has 0 saturated carbocycles. The second-order valence-corrected chi connectivity index (χ2v) is 5.36. The van der Waals surface area contributed by atoms with Crippen molar-refractivity contribution in [2.24, 2.45) is 5.73 Å². The lowest BCUT2D eigenvalue weighted by Crippen LogP contribution is -2.55. The van der Waals surface area contributed by atoms with Crippen LogP contribution in [-0.4, -0.2) is 60.5 Å². The van der Waals surface area contributed by atoms with Crippen LogP contribution in [-0.2, 0) is 6.42 Å². The molecule has 0 radical (unpaired) electrons. The minimum Gasteiger partial charge on any atom is -0.329 e. The summed E-state index contributed by atoms with van der Waals surface area (Å²) in [6.07, 6.45) is 0.901. The number of nitrogens with two attached hydrogens (primary N) is 1. The number of hydrogen-bond acceptors (Lipinski definition) is 5. The third kappa shape index (κ3) is 3.75. The van der Waals surface area contributed by atoms with Crippen LogP contribution in [0.15, 0.2) is 24.3 Å². The number of nitro groups is 1. The Kier molecular flexibility index (Phi) is 5.05. The number of nitrogens with zero attached hydrogens (tertiary/aromatic N) is 3. The molecule has 2 rings (SSSR count). The molecule has 0 aromatic heterocycles. The molecule has 0 aliphatic carbocycles. The molecule has 6 heteroatoms. The van der Waals surface area contributed by atoms with Crippen molar-refractivity contribution in [1.82, 2.24) is 9.80 Å². The first kappa shape index (κ1) is 14.9. The lowest BCUT2D eigenvalue weighted by Gasteiger charge is -2.39. The van der Waals surface area contributed by atoms with E-state index in [9.17, 15) is 10.1 Å². The van der Waals surface area contributed by atoms with Gasteiger partial charge < -0.3 is 10.6 Å². The summed E-state index contributed by atoms with van der Waals surface area (Å²) in [5.74, 6) is 0. The van der Waals surface area contributed by atoms with Crippen LogP contribution in [0.25, 0.3) is 0 Å². The van der Waals surface area contributed by atoms with Gasteiger partial charge in [-0.15, -0.1) is 0 Å². The van der Waals surface area contributed by atoms with Gasteiger partial charge in [-0.3, -0.25) is 15.0 Å². The Balaban J connectivity index is 1.89. The lowest BCUT2D eigenvalue weighted by molar-refractivity contribution is -0.384. The number of hydrogen-bond donors (Lipinski definition) is 1. The van der Waals surface area contributed by atoms with Crippen LogP contribution < -0.4 is 5.73 Å². The van der Waals surface area contributed by atoms with Crippen molar-refractivity contribution < 1.29 is 4.92 Å². The summed E-state index contributed by atoms with van der Waals surface area (Å²) < 4.78 is 0. The molecule has 1 atom stereocenters. The van der Waals surface area contributed by atoms with E-state index in [-0.39, 0.29) is 10.6 Å². The number of benzene rings is 1. The summed E-state index contributed by atoms with van der Waals surface area (Å²) in [7, 11) is 2.12. The minimum atomic E-state index is -0.366. The first-order valence-electron chi connectivity index (χ1n) is 6.96. The van der Waals surface area contributed by atoms with E-state index in [1.807, 2.05) is 12.1 Å². The number of likely N-dealkylation sites (N-methyl/N-ethyl adjacent to an activating group) is 1. The van der Waals surface area contributed by atoms with Gasteiger partial charge >= 0.3 is 0 Å². The van der Waals surface area contributed by atoms with E-state index >= 15 is 0 Å². The van der Waals surface area contributed by atoms with Gasteiger partial charge in [-0.05, 0) is 19.0 Å². The molecule has 1 unspecified atom stereocenters. The van der Waals surface area contributed by atoms with E-state index in [4.69, 9.17) is 5.73 Å². The molecule has 1 fully saturated rings. The number of rotatable bonds is 5. The van der Waals surface area contributed by atoms with Crippen molar-refractivity contribution in [1.29, 1.82) is 0 Å². The monoisotopic (exact) mass is 278 g/mol. The Morgan fingerprint density at radius 3 is 2.65 bits per heavy atom. The molecule has 0 spiro atoms. The van der Waals surface area contributed by atoms with Crippen LogP contribution >= 0.6 is 0 Å². The van der Waals surface area contributed by atoms with Crippen molar-refractivity contribution in [2.75, 3.05) is 39.8 Å². The summed E-state index contributed by atoms with van der Waals surface area (Å²) in [5.41, 5.74) is 7.11. The predicted octanol–water partition coefficient (Wildman–Crippen LogP) is 0.712. The quantitative estimate of drug-likeness (QED) is 0.634. The topological polar surface area (TPSA) is 75.6 Å².